The summed E-state index contributed by atoms with van der Waals surface area (Å²) in [5, 5.41) is 9.10. The van der Waals surface area contributed by atoms with E-state index in [2.05, 4.69) is 11.1 Å². The lowest BCUT2D eigenvalue weighted by Crippen LogP contribution is -1.92. The normalized spacial score (nSPS) is 10.7. The Morgan fingerprint density at radius 3 is 2.83 bits per heavy atom. The van der Waals surface area contributed by atoms with Gasteiger partial charge in [-0.25, -0.2) is 4.98 Å². The van der Waals surface area contributed by atoms with E-state index in [1.807, 2.05) is 36.7 Å². The summed E-state index contributed by atoms with van der Waals surface area (Å²) in [5.41, 5.74) is 3.26. The van der Waals surface area contributed by atoms with Crippen LogP contribution in [0.3, 0.4) is 0 Å². The van der Waals surface area contributed by atoms with Gasteiger partial charge in [0, 0.05) is 7.05 Å². The molecule has 0 fully saturated rings. The van der Waals surface area contributed by atoms with Crippen molar-refractivity contribution >= 4 is 11.0 Å². The number of fused-ring (bicyclic) bond motifs is 1. The minimum Gasteiger partial charge on any atom is -0.461 e. The number of hydrogen-bond donors (Lipinski definition) is 0. The zero-order valence-electron chi connectivity index (χ0n) is 10.1. The highest BCUT2D eigenvalue weighted by Gasteiger charge is 2.16. The topological polar surface area (TPSA) is 54.8 Å². The van der Waals surface area contributed by atoms with Crippen LogP contribution in [0.4, 0.5) is 0 Å². The summed E-state index contributed by atoms with van der Waals surface area (Å²) in [6.07, 6.45) is 1.65. The summed E-state index contributed by atoms with van der Waals surface area (Å²) >= 11 is 0. The van der Waals surface area contributed by atoms with Crippen LogP contribution in [0.15, 0.2) is 34.9 Å². The van der Waals surface area contributed by atoms with Crippen LogP contribution in [-0.2, 0) is 7.05 Å². The molecule has 0 aliphatic carbocycles. The molecule has 0 radical (unpaired) electrons. The molecular formula is C14H11N3O. The van der Waals surface area contributed by atoms with Gasteiger partial charge in [0.1, 0.15) is 11.6 Å². The van der Waals surface area contributed by atoms with E-state index >= 15 is 0 Å². The van der Waals surface area contributed by atoms with Gasteiger partial charge in [-0.1, -0.05) is 6.07 Å². The molecule has 0 aliphatic heterocycles. The fourth-order valence-corrected chi connectivity index (χ4v) is 2.11. The number of para-hydroxylation sites is 1. The van der Waals surface area contributed by atoms with E-state index in [-0.39, 0.29) is 0 Å². The highest BCUT2D eigenvalue weighted by molar-refractivity contribution is 5.85. The molecule has 0 aliphatic rings. The molecule has 0 spiro atoms. The Bertz CT molecular complexity index is 774. The Morgan fingerprint density at radius 1 is 1.33 bits per heavy atom. The lowest BCUT2D eigenvalue weighted by atomic mass is 10.2. The van der Waals surface area contributed by atoms with Crippen LogP contribution in [0, 0.1) is 18.3 Å². The van der Waals surface area contributed by atoms with Crippen molar-refractivity contribution in [3.8, 4) is 17.7 Å². The first-order valence-electron chi connectivity index (χ1n) is 5.62. The average Bonchev–Trinajstić information content (AvgIpc) is 2.93. The van der Waals surface area contributed by atoms with Gasteiger partial charge in [-0.05, 0) is 30.7 Å². The van der Waals surface area contributed by atoms with Crippen molar-refractivity contribution < 1.29 is 4.42 Å². The van der Waals surface area contributed by atoms with Crippen LogP contribution in [0.1, 0.15) is 11.1 Å². The SMILES string of the molecule is Cc1ccoc1-c1nc2c(C#N)cccc2n1C. The monoisotopic (exact) mass is 237 g/mol. The van der Waals surface area contributed by atoms with Gasteiger partial charge in [-0.3, -0.25) is 0 Å². The molecule has 4 heteroatoms. The number of aromatic nitrogens is 2. The maximum absolute atomic E-state index is 9.10. The lowest BCUT2D eigenvalue weighted by Gasteiger charge is -1.99. The number of rotatable bonds is 1. The number of hydrogen-bond acceptors (Lipinski definition) is 3. The molecule has 2 heterocycles. The zero-order valence-corrected chi connectivity index (χ0v) is 10.1. The van der Waals surface area contributed by atoms with E-state index in [1.54, 1.807) is 12.3 Å². The Labute approximate surface area is 104 Å². The fraction of sp³-hybridized carbons (Fsp3) is 0.143. The third-order valence-corrected chi connectivity index (χ3v) is 3.10. The predicted octanol–water partition coefficient (Wildman–Crippen LogP) is 3.01. The van der Waals surface area contributed by atoms with Crippen molar-refractivity contribution in [2.75, 3.05) is 0 Å². The van der Waals surface area contributed by atoms with Crippen molar-refractivity contribution in [3.63, 3.8) is 0 Å². The summed E-state index contributed by atoms with van der Waals surface area (Å²) in [6.45, 7) is 1.98. The van der Waals surface area contributed by atoms with Crippen LogP contribution in [0.25, 0.3) is 22.6 Å². The minimum absolute atomic E-state index is 0.582. The second kappa shape index (κ2) is 3.74. The predicted molar refractivity (Wildman–Crippen MR) is 67.9 cm³/mol. The Hall–Kier alpha value is -2.54. The molecule has 0 bridgehead atoms. The molecule has 0 saturated heterocycles. The van der Waals surface area contributed by atoms with E-state index in [0.29, 0.717) is 11.1 Å². The van der Waals surface area contributed by atoms with Gasteiger partial charge in [-0.2, -0.15) is 5.26 Å². The molecule has 18 heavy (non-hydrogen) atoms. The quantitative estimate of drug-likeness (QED) is 0.653. The van der Waals surface area contributed by atoms with Gasteiger partial charge in [-0.15, -0.1) is 0 Å². The highest BCUT2D eigenvalue weighted by Crippen LogP contribution is 2.28. The molecule has 0 unspecified atom stereocenters. The van der Waals surface area contributed by atoms with Crippen molar-refractivity contribution in [1.29, 1.82) is 5.26 Å². The molecule has 0 saturated carbocycles. The second-order valence-electron chi connectivity index (χ2n) is 4.21. The molecule has 3 rings (SSSR count). The minimum atomic E-state index is 0.582. The number of nitriles is 1. The molecule has 88 valence electrons. The van der Waals surface area contributed by atoms with E-state index in [0.717, 1.165) is 22.7 Å². The van der Waals surface area contributed by atoms with Crippen LogP contribution in [0.2, 0.25) is 0 Å². The van der Waals surface area contributed by atoms with Crippen molar-refractivity contribution in [3.05, 3.63) is 41.7 Å². The molecule has 0 N–H and O–H groups in total. The number of benzene rings is 1. The Kier molecular flexibility index (Phi) is 2.20. The molecule has 3 aromatic rings. The van der Waals surface area contributed by atoms with Gasteiger partial charge >= 0.3 is 0 Å². The summed E-state index contributed by atoms with van der Waals surface area (Å²) in [6, 6.07) is 9.65. The Balaban J connectivity index is 2.37. The van der Waals surface area contributed by atoms with E-state index in [9.17, 15) is 0 Å². The molecule has 2 aromatic heterocycles. The third-order valence-electron chi connectivity index (χ3n) is 3.10. The smallest absolute Gasteiger partial charge is 0.177 e. The van der Waals surface area contributed by atoms with Gasteiger partial charge in [0.2, 0.25) is 0 Å². The number of aryl methyl sites for hydroxylation is 2. The number of imidazole rings is 1. The fourth-order valence-electron chi connectivity index (χ4n) is 2.11. The number of nitrogens with zero attached hydrogens (tertiary/aromatic N) is 3. The first-order valence-corrected chi connectivity index (χ1v) is 5.62. The molecule has 0 atom stereocenters. The standard InChI is InChI=1S/C14H11N3O/c1-9-6-7-18-13(9)14-16-12-10(8-15)4-3-5-11(12)17(14)2/h3-7H,1-2H3. The van der Waals surface area contributed by atoms with Gasteiger partial charge in [0.25, 0.3) is 0 Å². The van der Waals surface area contributed by atoms with E-state index < -0.39 is 0 Å². The number of furan rings is 1. The summed E-state index contributed by atoms with van der Waals surface area (Å²) in [4.78, 5) is 4.53. The maximum Gasteiger partial charge on any atom is 0.177 e. The maximum atomic E-state index is 9.10. The zero-order chi connectivity index (χ0) is 12.7. The van der Waals surface area contributed by atoms with Gasteiger partial charge in [0.15, 0.2) is 11.6 Å². The molecule has 0 amide bonds. The van der Waals surface area contributed by atoms with Crippen molar-refractivity contribution in [2.45, 2.75) is 6.92 Å². The average molecular weight is 237 g/mol. The van der Waals surface area contributed by atoms with Gasteiger partial charge < -0.3 is 8.98 Å². The van der Waals surface area contributed by atoms with E-state index in [4.69, 9.17) is 9.68 Å². The van der Waals surface area contributed by atoms with Crippen LogP contribution in [0.5, 0.6) is 0 Å². The van der Waals surface area contributed by atoms with Crippen LogP contribution in [-0.4, -0.2) is 9.55 Å². The first-order chi connectivity index (χ1) is 8.72. The first kappa shape index (κ1) is 10.6. The van der Waals surface area contributed by atoms with Crippen LogP contribution >= 0.6 is 0 Å². The lowest BCUT2D eigenvalue weighted by molar-refractivity contribution is 0.573. The van der Waals surface area contributed by atoms with Crippen molar-refractivity contribution in [1.82, 2.24) is 9.55 Å². The second-order valence-corrected chi connectivity index (χ2v) is 4.21. The third kappa shape index (κ3) is 1.34. The molecular weight excluding hydrogens is 226 g/mol. The summed E-state index contributed by atoms with van der Waals surface area (Å²) in [7, 11) is 1.92. The van der Waals surface area contributed by atoms with E-state index in [1.165, 1.54) is 0 Å². The summed E-state index contributed by atoms with van der Waals surface area (Å²) < 4.78 is 7.41. The summed E-state index contributed by atoms with van der Waals surface area (Å²) in [5.74, 6) is 1.49. The van der Waals surface area contributed by atoms with Gasteiger partial charge in [0.05, 0.1) is 17.3 Å². The highest BCUT2D eigenvalue weighted by atomic mass is 16.3. The molecule has 1 aromatic carbocycles. The Morgan fingerprint density at radius 2 is 2.17 bits per heavy atom. The molecule has 4 nitrogen and oxygen atoms in total. The van der Waals surface area contributed by atoms with Crippen molar-refractivity contribution in [2.24, 2.45) is 7.05 Å². The van der Waals surface area contributed by atoms with Crippen LogP contribution < -0.4 is 0 Å². The largest absolute Gasteiger partial charge is 0.461 e.